The highest BCUT2D eigenvalue weighted by Crippen LogP contribution is 2.20. The SMILES string of the molecule is CC(=O)c1ccc(-c2ccnc(CN)c2)cc1. The minimum absolute atomic E-state index is 0.0777. The Labute approximate surface area is 100 Å². The van der Waals surface area contributed by atoms with E-state index in [0.717, 1.165) is 22.4 Å². The lowest BCUT2D eigenvalue weighted by molar-refractivity contribution is 0.101. The molecule has 0 fully saturated rings. The number of nitrogens with zero attached hydrogens (tertiary/aromatic N) is 1. The van der Waals surface area contributed by atoms with Crippen molar-refractivity contribution in [3.05, 3.63) is 53.9 Å². The molecule has 0 aliphatic carbocycles. The summed E-state index contributed by atoms with van der Waals surface area (Å²) in [6, 6.07) is 11.4. The second-order valence-electron chi connectivity index (χ2n) is 3.87. The summed E-state index contributed by atoms with van der Waals surface area (Å²) in [4.78, 5) is 15.3. The Balaban J connectivity index is 2.36. The summed E-state index contributed by atoms with van der Waals surface area (Å²) >= 11 is 0. The smallest absolute Gasteiger partial charge is 0.159 e. The van der Waals surface area contributed by atoms with Gasteiger partial charge in [0.05, 0.1) is 5.69 Å². The third kappa shape index (κ3) is 2.57. The van der Waals surface area contributed by atoms with Crippen LogP contribution in [-0.4, -0.2) is 10.8 Å². The second-order valence-corrected chi connectivity index (χ2v) is 3.87. The molecule has 17 heavy (non-hydrogen) atoms. The van der Waals surface area contributed by atoms with Gasteiger partial charge in [0.25, 0.3) is 0 Å². The molecule has 0 spiro atoms. The lowest BCUT2D eigenvalue weighted by atomic mass is 10.0. The van der Waals surface area contributed by atoms with Gasteiger partial charge in [0.2, 0.25) is 0 Å². The maximum absolute atomic E-state index is 11.2. The number of hydrogen-bond acceptors (Lipinski definition) is 3. The first kappa shape index (κ1) is 11.5. The molecule has 86 valence electrons. The standard InChI is InChI=1S/C14H14N2O/c1-10(17)11-2-4-12(5-3-11)13-6-7-16-14(8-13)9-15/h2-8H,9,15H2,1H3. The van der Waals surface area contributed by atoms with Crippen LogP contribution in [0, 0.1) is 0 Å². The van der Waals surface area contributed by atoms with Gasteiger partial charge in [-0.15, -0.1) is 0 Å². The van der Waals surface area contributed by atoms with E-state index < -0.39 is 0 Å². The number of pyridine rings is 1. The fourth-order valence-electron chi connectivity index (χ4n) is 1.67. The minimum atomic E-state index is 0.0777. The summed E-state index contributed by atoms with van der Waals surface area (Å²) in [6.45, 7) is 1.99. The average molecular weight is 226 g/mol. The number of aromatic nitrogens is 1. The van der Waals surface area contributed by atoms with E-state index in [1.807, 2.05) is 36.4 Å². The molecule has 3 nitrogen and oxygen atoms in total. The summed E-state index contributed by atoms with van der Waals surface area (Å²) < 4.78 is 0. The molecule has 1 heterocycles. The van der Waals surface area contributed by atoms with Gasteiger partial charge in [-0.25, -0.2) is 0 Å². The minimum Gasteiger partial charge on any atom is -0.325 e. The van der Waals surface area contributed by atoms with Gasteiger partial charge in [-0.3, -0.25) is 9.78 Å². The van der Waals surface area contributed by atoms with E-state index in [1.165, 1.54) is 0 Å². The van der Waals surface area contributed by atoms with Crippen molar-refractivity contribution >= 4 is 5.78 Å². The van der Waals surface area contributed by atoms with E-state index >= 15 is 0 Å². The number of hydrogen-bond donors (Lipinski definition) is 1. The van der Waals surface area contributed by atoms with Crippen molar-refractivity contribution in [2.24, 2.45) is 5.73 Å². The molecule has 0 aliphatic heterocycles. The molecule has 0 atom stereocenters. The molecule has 0 radical (unpaired) electrons. The van der Waals surface area contributed by atoms with Gasteiger partial charge in [-0.1, -0.05) is 24.3 Å². The lowest BCUT2D eigenvalue weighted by Gasteiger charge is -2.04. The fraction of sp³-hybridized carbons (Fsp3) is 0.143. The molecule has 1 aromatic carbocycles. The van der Waals surface area contributed by atoms with Crippen LogP contribution in [-0.2, 0) is 6.54 Å². The number of ketones is 1. The molecule has 0 unspecified atom stereocenters. The van der Waals surface area contributed by atoms with Gasteiger partial charge in [-0.2, -0.15) is 0 Å². The summed E-state index contributed by atoms with van der Waals surface area (Å²) in [7, 11) is 0. The van der Waals surface area contributed by atoms with E-state index in [0.29, 0.717) is 6.54 Å². The van der Waals surface area contributed by atoms with Gasteiger partial charge in [0.15, 0.2) is 5.78 Å². The zero-order chi connectivity index (χ0) is 12.3. The lowest BCUT2D eigenvalue weighted by Crippen LogP contribution is -1.99. The van der Waals surface area contributed by atoms with Crippen molar-refractivity contribution in [1.82, 2.24) is 4.98 Å². The monoisotopic (exact) mass is 226 g/mol. The summed E-state index contributed by atoms with van der Waals surface area (Å²) in [5.74, 6) is 0.0777. The molecule has 3 heteroatoms. The molecule has 2 N–H and O–H groups in total. The van der Waals surface area contributed by atoms with Crippen LogP contribution < -0.4 is 5.73 Å². The van der Waals surface area contributed by atoms with Crippen LogP contribution >= 0.6 is 0 Å². The summed E-state index contributed by atoms with van der Waals surface area (Å²) in [5, 5.41) is 0. The maximum atomic E-state index is 11.2. The van der Waals surface area contributed by atoms with Gasteiger partial charge >= 0.3 is 0 Å². The van der Waals surface area contributed by atoms with Crippen molar-refractivity contribution in [3.8, 4) is 11.1 Å². The molecule has 1 aromatic heterocycles. The molecular weight excluding hydrogens is 212 g/mol. The quantitative estimate of drug-likeness (QED) is 0.818. The van der Waals surface area contributed by atoms with Crippen molar-refractivity contribution in [2.75, 3.05) is 0 Å². The molecule has 0 aliphatic rings. The average Bonchev–Trinajstić information content (AvgIpc) is 2.39. The zero-order valence-corrected chi connectivity index (χ0v) is 9.68. The first-order valence-corrected chi connectivity index (χ1v) is 5.47. The highest BCUT2D eigenvalue weighted by atomic mass is 16.1. The number of Topliss-reactive ketones (excluding diaryl/α,β-unsaturated/α-hetero) is 1. The predicted octanol–water partition coefficient (Wildman–Crippen LogP) is 2.41. The highest BCUT2D eigenvalue weighted by Gasteiger charge is 2.02. The van der Waals surface area contributed by atoms with Gasteiger partial charge in [0.1, 0.15) is 0 Å². The summed E-state index contributed by atoms with van der Waals surface area (Å²) in [5.41, 5.74) is 9.26. The van der Waals surface area contributed by atoms with Crippen LogP contribution in [0.4, 0.5) is 0 Å². The highest BCUT2D eigenvalue weighted by molar-refractivity contribution is 5.94. The second kappa shape index (κ2) is 4.89. The van der Waals surface area contributed by atoms with Crippen LogP contribution in [0.3, 0.4) is 0 Å². The summed E-state index contributed by atoms with van der Waals surface area (Å²) in [6.07, 6.45) is 1.75. The van der Waals surface area contributed by atoms with Crippen LogP contribution in [0.2, 0.25) is 0 Å². The van der Waals surface area contributed by atoms with E-state index in [2.05, 4.69) is 4.98 Å². The van der Waals surface area contributed by atoms with Gasteiger partial charge in [0, 0.05) is 18.3 Å². The Morgan fingerprint density at radius 3 is 2.47 bits per heavy atom. The maximum Gasteiger partial charge on any atom is 0.159 e. The molecule has 0 bridgehead atoms. The number of benzene rings is 1. The Morgan fingerprint density at radius 2 is 1.88 bits per heavy atom. The van der Waals surface area contributed by atoms with Crippen LogP contribution in [0.25, 0.3) is 11.1 Å². The van der Waals surface area contributed by atoms with E-state index in [4.69, 9.17) is 5.73 Å². The van der Waals surface area contributed by atoms with Crippen LogP contribution in [0.5, 0.6) is 0 Å². The van der Waals surface area contributed by atoms with E-state index in [1.54, 1.807) is 13.1 Å². The van der Waals surface area contributed by atoms with Gasteiger partial charge in [-0.05, 0) is 30.2 Å². The number of carbonyl (C=O) groups excluding carboxylic acids is 1. The predicted molar refractivity (Wildman–Crippen MR) is 67.6 cm³/mol. The number of nitrogens with two attached hydrogens (primary N) is 1. The van der Waals surface area contributed by atoms with Crippen LogP contribution in [0.15, 0.2) is 42.6 Å². The van der Waals surface area contributed by atoms with Crippen molar-refractivity contribution < 1.29 is 4.79 Å². The van der Waals surface area contributed by atoms with Crippen LogP contribution in [0.1, 0.15) is 23.0 Å². The van der Waals surface area contributed by atoms with E-state index in [9.17, 15) is 4.79 Å². The Hall–Kier alpha value is -2.00. The molecule has 0 amide bonds. The van der Waals surface area contributed by atoms with Crippen molar-refractivity contribution in [3.63, 3.8) is 0 Å². The zero-order valence-electron chi connectivity index (χ0n) is 9.68. The molecule has 0 saturated carbocycles. The normalized spacial score (nSPS) is 10.2. The van der Waals surface area contributed by atoms with Crippen molar-refractivity contribution in [1.29, 1.82) is 0 Å². The Morgan fingerprint density at radius 1 is 1.18 bits per heavy atom. The molecule has 2 aromatic rings. The van der Waals surface area contributed by atoms with E-state index in [-0.39, 0.29) is 5.78 Å². The molecule has 2 rings (SSSR count). The number of carbonyl (C=O) groups is 1. The fourth-order valence-corrected chi connectivity index (χ4v) is 1.67. The van der Waals surface area contributed by atoms with Crippen molar-refractivity contribution in [2.45, 2.75) is 13.5 Å². The largest absolute Gasteiger partial charge is 0.325 e. The Bertz CT molecular complexity index is 532. The first-order chi connectivity index (χ1) is 8.20. The third-order valence-electron chi connectivity index (χ3n) is 2.65. The first-order valence-electron chi connectivity index (χ1n) is 5.47. The number of rotatable bonds is 3. The molecule has 0 saturated heterocycles. The molecular formula is C14H14N2O. The Kier molecular flexibility index (Phi) is 3.30. The van der Waals surface area contributed by atoms with Gasteiger partial charge < -0.3 is 5.73 Å². The third-order valence-corrected chi connectivity index (χ3v) is 2.65. The topological polar surface area (TPSA) is 56.0 Å².